The molecule has 0 fully saturated rings. The predicted octanol–water partition coefficient (Wildman–Crippen LogP) is 4.60. The highest BCUT2D eigenvalue weighted by atomic mass is 15.1. The molecule has 0 spiro atoms. The number of benzene rings is 2. The van der Waals surface area contributed by atoms with Crippen molar-refractivity contribution in [3.05, 3.63) is 65.5 Å². The molecule has 1 heterocycles. The Bertz CT molecular complexity index is 723. The lowest BCUT2D eigenvalue weighted by molar-refractivity contribution is 0.721. The quantitative estimate of drug-likeness (QED) is 0.667. The van der Waals surface area contributed by atoms with Gasteiger partial charge in [0, 0.05) is 13.0 Å². The van der Waals surface area contributed by atoms with Gasteiger partial charge in [0.1, 0.15) is 5.82 Å². The van der Waals surface area contributed by atoms with Crippen molar-refractivity contribution in [2.24, 2.45) is 0 Å². The SMILES string of the molecule is CCCc1nc2ccccc2n1Cc1ccc(CC)cc1. The molecule has 0 amide bonds. The molecule has 0 atom stereocenters. The van der Waals surface area contributed by atoms with Crippen LogP contribution in [0.15, 0.2) is 48.5 Å². The minimum absolute atomic E-state index is 0.903. The average molecular weight is 278 g/mol. The third kappa shape index (κ3) is 2.85. The van der Waals surface area contributed by atoms with Crippen LogP contribution in [0.2, 0.25) is 0 Å². The molecule has 2 aromatic carbocycles. The molecule has 3 rings (SSSR count). The standard InChI is InChI=1S/C19H22N2/c1-3-7-19-20-17-8-5-6-9-18(17)21(19)14-16-12-10-15(4-2)11-13-16/h5-6,8-13H,3-4,7,14H2,1-2H3. The number of aromatic nitrogens is 2. The molecule has 0 aliphatic rings. The topological polar surface area (TPSA) is 17.8 Å². The number of imidazole rings is 1. The van der Waals surface area contributed by atoms with E-state index in [4.69, 9.17) is 4.98 Å². The summed E-state index contributed by atoms with van der Waals surface area (Å²) >= 11 is 0. The van der Waals surface area contributed by atoms with Crippen molar-refractivity contribution in [3.63, 3.8) is 0 Å². The Balaban J connectivity index is 1.99. The Labute approximate surface area is 126 Å². The molecule has 1 aromatic heterocycles. The number of nitrogens with zero attached hydrogens (tertiary/aromatic N) is 2. The van der Waals surface area contributed by atoms with Gasteiger partial charge in [0.15, 0.2) is 0 Å². The van der Waals surface area contributed by atoms with Crippen LogP contribution in [0.1, 0.15) is 37.2 Å². The molecule has 3 aromatic rings. The van der Waals surface area contributed by atoms with Crippen molar-refractivity contribution in [1.82, 2.24) is 9.55 Å². The smallest absolute Gasteiger partial charge is 0.110 e. The Morgan fingerprint density at radius 3 is 2.33 bits per heavy atom. The molecule has 2 heteroatoms. The van der Waals surface area contributed by atoms with Crippen LogP contribution in [0.4, 0.5) is 0 Å². The summed E-state index contributed by atoms with van der Waals surface area (Å²) in [7, 11) is 0. The first-order valence-corrected chi connectivity index (χ1v) is 7.83. The maximum absolute atomic E-state index is 4.80. The number of para-hydroxylation sites is 2. The van der Waals surface area contributed by atoms with Crippen molar-refractivity contribution in [2.45, 2.75) is 39.7 Å². The molecule has 0 radical (unpaired) electrons. The molecule has 0 aliphatic carbocycles. The predicted molar refractivity (Wildman–Crippen MR) is 88.7 cm³/mol. The van der Waals surface area contributed by atoms with Gasteiger partial charge in [-0.25, -0.2) is 4.98 Å². The maximum Gasteiger partial charge on any atom is 0.110 e. The Morgan fingerprint density at radius 2 is 1.62 bits per heavy atom. The second kappa shape index (κ2) is 6.13. The van der Waals surface area contributed by atoms with Gasteiger partial charge in [-0.1, -0.05) is 50.2 Å². The van der Waals surface area contributed by atoms with Crippen molar-refractivity contribution in [1.29, 1.82) is 0 Å². The van der Waals surface area contributed by atoms with Gasteiger partial charge in [0.2, 0.25) is 0 Å². The Morgan fingerprint density at radius 1 is 0.905 bits per heavy atom. The summed E-state index contributed by atoms with van der Waals surface area (Å²) in [4.78, 5) is 4.80. The largest absolute Gasteiger partial charge is 0.323 e. The molecule has 0 N–H and O–H groups in total. The lowest BCUT2D eigenvalue weighted by Gasteiger charge is -2.09. The van der Waals surface area contributed by atoms with E-state index in [9.17, 15) is 0 Å². The molecule has 108 valence electrons. The van der Waals surface area contributed by atoms with Crippen LogP contribution in [0.25, 0.3) is 11.0 Å². The first-order chi connectivity index (χ1) is 10.3. The summed E-state index contributed by atoms with van der Waals surface area (Å²) in [6.45, 7) is 5.30. The monoisotopic (exact) mass is 278 g/mol. The van der Waals surface area contributed by atoms with Gasteiger partial charge < -0.3 is 4.57 Å². The van der Waals surface area contributed by atoms with E-state index in [0.29, 0.717) is 0 Å². The van der Waals surface area contributed by atoms with E-state index in [-0.39, 0.29) is 0 Å². The summed E-state index contributed by atoms with van der Waals surface area (Å²) in [6, 6.07) is 17.4. The summed E-state index contributed by atoms with van der Waals surface area (Å²) in [6.07, 6.45) is 3.25. The minimum Gasteiger partial charge on any atom is -0.323 e. The molecule has 2 nitrogen and oxygen atoms in total. The van der Waals surface area contributed by atoms with Crippen molar-refractivity contribution in [2.75, 3.05) is 0 Å². The third-order valence-corrected chi connectivity index (χ3v) is 3.98. The van der Waals surface area contributed by atoms with Gasteiger partial charge in [-0.3, -0.25) is 0 Å². The normalized spacial score (nSPS) is 11.1. The van der Waals surface area contributed by atoms with E-state index in [0.717, 1.165) is 31.3 Å². The number of hydrogen-bond donors (Lipinski definition) is 0. The maximum atomic E-state index is 4.80. The van der Waals surface area contributed by atoms with Crippen molar-refractivity contribution < 1.29 is 0 Å². The molecule has 0 aliphatic heterocycles. The number of aryl methyl sites for hydroxylation is 2. The molecule has 0 saturated carbocycles. The van der Waals surface area contributed by atoms with Crippen molar-refractivity contribution in [3.8, 4) is 0 Å². The number of rotatable bonds is 5. The van der Waals surface area contributed by atoms with Crippen LogP contribution in [-0.4, -0.2) is 9.55 Å². The second-order valence-corrected chi connectivity index (χ2v) is 5.52. The molecule has 0 unspecified atom stereocenters. The van der Waals surface area contributed by atoms with E-state index in [1.165, 1.54) is 22.5 Å². The Kier molecular flexibility index (Phi) is 4.05. The number of hydrogen-bond acceptors (Lipinski definition) is 1. The van der Waals surface area contributed by atoms with Crippen LogP contribution < -0.4 is 0 Å². The summed E-state index contributed by atoms with van der Waals surface area (Å²) in [5.41, 5.74) is 5.07. The number of fused-ring (bicyclic) bond motifs is 1. The molecular weight excluding hydrogens is 256 g/mol. The zero-order valence-corrected chi connectivity index (χ0v) is 12.8. The molecule has 0 bridgehead atoms. The fourth-order valence-electron chi connectivity index (χ4n) is 2.78. The van der Waals surface area contributed by atoms with E-state index in [2.05, 4.69) is 66.9 Å². The highest BCUT2D eigenvalue weighted by molar-refractivity contribution is 5.76. The van der Waals surface area contributed by atoms with Crippen LogP contribution in [0, 0.1) is 0 Å². The molecule has 21 heavy (non-hydrogen) atoms. The lowest BCUT2D eigenvalue weighted by atomic mass is 10.1. The van der Waals surface area contributed by atoms with Crippen molar-refractivity contribution >= 4 is 11.0 Å². The third-order valence-electron chi connectivity index (χ3n) is 3.98. The van der Waals surface area contributed by atoms with Crippen LogP contribution in [-0.2, 0) is 19.4 Å². The van der Waals surface area contributed by atoms with E-state index < -0.39 is 0 Å². The highest BCUT2D eigenvalue weighted by Gasteiger charge is 2.09. The summed E-state index contributed by atoms with van der Waals surface area (Å²) in [5.74, 6) is 1.19. The van der Waals surface area contributed by atoms with Crippen LogP contribution in [0.5, 0.6) is 0 Å². The summed E-state index contributed by atoms with van der Waals surface area (Å²) < 4.78 is 2.36. The zero-order valence-electron chi connectivity index (χ0n) is 12.8. The van der Waals surface area contributed by atoms with Crippen LogP contribution in [0.3, 0.4) is 0 Å². The lowest BCUT2D eigenvalue weighted by Crippen LogP contribution is -2.05. The van der Waals surface area contributed by atoms with Gasteiger partial charge in [-0.05, 0) is 36.1 Å². The van der Waals surface area contributed by atoms with E-state index in [1.54, 1.807) is 0 Å². The van der Waals surface area contributed by atoms with Gasteiger partial charge in [0.25, 0.3) is 0 Å². The second-order valence-electron chi connectivity index (χ2n) is 5.52. The van der Waals surface area contributed by atoms with Gasteiger partial charge >= 0.3 is 0 Å². The molecular formula is C19H22N2. The Hall–Kier alpha value is -2.09. The van der Waals surface area contributed by atoms with E-state index >= 15 is 0 Å². The van der Waals surface area contributed by atoms with Gasteiger partial charge in [-0.15, -0.1) is 0 Å². The molecule has 0 saturated heterocycles. The van der Waals surface area contributed by atoms with E-state index in [1.807, 2.05) is 0 Å². The highest BCUT2D eigenvalue weighted by Crippen LogP contribution is 2.19. The summed E-state index contributed by atoms with van der Waals surface area (Å²) in [5, 5.41) is 0. The first-order valence-electron chi connectivity index (χ1n) is 7.83. The van der Waals surface area contributed by atoms with Gasteiger partial charge in [0.05, 0.1) is 11.0 Å². The average Bonchev–Trinajstić information content (AvgIpc) is 2.86. The minimum atomic E-state index is 0.903. The first kappa shape index (κ1) is 13.9. The fraction of sp³-hybridized carbons (Fsp3) is 0.316. The fourth-order valence-corrected chi connectivity index (χ4v) is 2.78. The van der Waals surface area contributed by atoms with Crippen LogP contribution >= 0.6 is 0 Å². The zero-order chi connectivity index (χ0) is 14.7. The van der Waals surface area contributed by atoms with Gasteiger partial charge in [-0.2, -0.15) is 0 Å².